The molecule has 46 heavy (non-hydrogen) atoms. The van der Waals surface area contributed by atoms with Crippen molar-refractivity contribution >= 4 is 76.9 Å². The number of aromatic nitrogens is 2. The summed E-state index contributed by atoms with van der Waals surface area (Å²) in [5.41, 5.74) is 6.46. The lowest BCUT2D eigenvalue weighted by molar-refractivity contribution is 0.101. The van der Waals surface area contributed by atoms with Gasteiger partial charge in [-0.15, -0.1) is 0 Å². The molecule has 222 valence electrons. The van der Waals surface area contributed by atoms with Crippen molar-refractivity contribution in [2.45, 2.75) is 0 Å². The minimum Gasteiger partial charge on any atom is -0.320 e. The lowest BCUT2D eigenvalue weighted by Crippen LogP contribution is -2.17. The standard InChI is InChI=1S/C38H24Br2N4O2/c39-25-17-13-23(14-18-25)35-21-29(27-7-1-3-9-31(27)41-35)37(45)43-33-11-5-6-12-34(33)44-38(46)30-22-36(24-15-19-26(40)20-16-24)42-32-10-4-2-8-28(30)32/h1-22H,(H,43,45)(H,44,46). The maximum absolute atomic E-state index is 13.9. The average molecular weight is 728 g/mol. The molecule has 6 nitrogen and oxygen atoms in total. The van der Waals surface area contributed by atoms with Crippen molar-refractivity contribution in [2.24, 2.45) is 0 Å². The molecule has 8 heteroatoms. The number of amides is 2. The maximum Gasteiger partial charge on any atom is 0.256 e. The zero-order valence-corrected chi connectivity index (χ0v) is 27.3. The smallest absolute Gasteiger partial charge is 0.256 e. The number of rotatable bonds is 6. The fraction of sp³-hybridized carbons (Fsp3) is 0. The van der Waals surface area contributed by atoms with E-state index in [1.54, 1.807) is 24.3 Å². The second-order valence-corrected chi connectivity index (χ2v) is 12.4. The summed E-state index contributed by atoms with van der Waals surface area (Å²) in [6, 6.07) is 41.5. The zero-order valence-electron chi connectivity index (χ0n) is 24.2. The molecule has 0 aliphatic carbocycles. The van der Waals surface area contributed by atoms with Crippen LogP contribution in [-0.2, 0) is 0 Å². The van der Waals surface area contributed by atoms with Gasteiger partial charge in [0, 0.05) is 30.8 Å². The van der Waals surface area contributed by atoms with Gasteiger partial charge in [0.05, 0.1) is 44.9 Å². The monoisotopic (exact) mass is 726 g/mol. The number of carbonyl (C=O) groups is 2. The summed E-state index contributed by atoms with van der Waals surface area (Å²) in [6.45, 7) is 0. The van der Waals surface area contributed by atoms with Crippen LogP contribution in [0.15, 0.2) is 142 Å². The lowest BCUT2D eigenvalue weighted by Gasteiger charge is -2.15. The maximum atomic E-state index is 13.9. The second kappa shape index (κ2) is 12.7. The number of nitrogens with one attached hydrogen (secondary N) is 2. The minimum atomic E-state index is -0.314. The Bertz CT molecular complexity index is 2110. The Morgan fingerprint density at radius 3 is 1.26 bits per heavy atom. The van der Waals surface area contributed by atoms with Crippen LogP contribution in [0.2, 0.25) is 0 Å². The van der Waals surface area contributed by atoms with E-state index in [1.807, 2.05) is 109 Å². The average Bonchev–Trinajstić information content (AvgIpc) is 3.08. The van der Waals surface area contributed by atoms with Crippen molar-refractivity contribution in [1.29, 1.82) is 0 Å². The van der Waals surface area contributed by atoms with Crippen LogP contribution < -0.4 is 10.6 Å². The molecule has 0 aliphatic rings. The Hall–Kier alpha value is -5.18. The fourth-order valence-corrected chi connectivity index (χ4v) is 5.87. The molecule has 7 rings (SSSR count). The molecule has 0 spiro atoms. The SMILES string of the molecule is O=C(Nc1ccccc1NC(=O)c1cc(-c2ccc(Br)cc2)nc2ccccc12)c1cc(-c2ccc(Br)cc2)nc2ccccc12. The number of benzene rings is 5. The third-order valence-electron chi connectivity index (χ3n) is 7.63. The topological polar surface area (TPSA) is 84.0 Å². The number of hydrogen-bond acceptors (Lipinski definition) is 4. The molecule has 0 aliphatic heterocycles. The molecule has 0 saturated carbocycles. The summed E-state index contributed by atoms with van der Waals surface area (Å²) in [5.74, 6) is -0.629. The lowest BCUT2D eigenvalue weighted by atomic mass is 10.0. The summed E-state index contributed by atoms with van der Waals surface area (Å²) >= 11 is 6.96. The van der Waals surface area contributed by atoms with Crippen LogP contribution in [0.5, 0.6) is 0 Å². The third kappa shape index (κ3) is 6.05. The summed E-state index contributed by atoms with van der Waals surface area (Å²) in [7, 11) is 0. The normalized spacial score (nSPS) is 11.0. The molecular weight excluding hydrogens is 704 g/mol. The van der Waals surface area contributed by atoms with E-state index < -0.39 is 0 Å². The van der Waals surface area contributed by atoms with Gasteiger partial charge in [0.25, 0.3) is 11.8 Å². The van der Waals surface area contributed by atoms with Gasteiger partial charge in [0.1, 0.15) is 0 Å². The Morgan fingerprint density at radius 2 is 0.848 bits per heavy atom. The Morgan fingerprint density at radius 1 is 0.478 bits per heavy atom. The van der Waals surface area contributed by atoms with E-state index >= 15 is 0 Å². The van der Waals surface area contributed by atoms with Crippen LogP contribution >= 0.6 is 31.9 Å². The predicted molar refractivity (Wildman–Crippen MR) is 192 cm³/mol. The summed E-state index contributed by atoms with van der Waals surface area (Å²) < 4.78 is 1.91. The second-order valence-electron chi connectivity index (χ2n) is 10.6. The summed E-state index contributed by atoms with van der Waals surface area (Å²) in [5, 5.41) is 7.53. The fourth-order valence-electron chi connectivity index (χ4n) is 5.34. The molecule has 0 atom stereocenters. The van der Waals surface area contributed by atoms with Crippen molar-refractivity contribution in [1.82, 2.24) is 9.97 Å². The summed E-state index contributed by atoms with van der Waals surface area (Å²) in [6.07, 6.45) is 0. The predicted octanol–water partition coefficient (Wildman–Crippen LogP) is 10.1. The molecule has 0 unspecified atom stereocenters. The zero-order chi connectivity index (χ0) is 31.6. The number of anilines is 2. The van der Waals surface area contributed by atoms with Crippen LogP contribution in [0, 0.1) is 0 Å². The van der Waals surface area contributed by atoms with Crippen molar-refractivity contribution in [3.05, 3.63) is 154 Å². The van der Waals surface area contributed by atoms with Crippen LogP contribution in [-0.4, -0.2) is 21.8 Å². The minimum absolute atomic E-state index is 0.314. The third-order valence-corrected chi connectivity index (χ3v) is 8.68. The number of hydrogen-bond donors (Lipinski definition) is 2. The number of carbonyl (C=O) groups excluding carboxylic acids is 2. The van der Waals surface area contributed by atoms with Crippen LogP contribution in [0.4, 0.5) is 11.4 Å². The molecule has 0 bridgehead atoms. The first-order valence-electron chi connectivity index (χ1n) is 14.5. The van der Waals surface area contributed by atoms with Gasteiger partial charge >= 0.3 is 0 Å². The molecule has 0 saturated heterocycles. The van der Waals surface area contributed by atoms with Crippen LogP contribution in [0.3, 0.4) is 0 Å². The molecule has 2 aromatic heterocycles. The number of fused-ring (bicyclic) bond motifs is 2. The van der Waals surface area contributed by atoms with Crippen LogP contribution in [0.25, 0.3) is 44.3 Å². The largest absolute Gasteiger partial charge is 0.320 e. The Kier molecular flexibility index (Phi) is 8.13. The number of para-hydroxylation sites is 4. The molecule has 0 fully saturated rings. The van der Waals surface area contributed by atoms with Gasteiger partial charge in [-0.3, -0.25) is 9.59 Å². The van der Waals surface area contributed by atoms with Crippen molar-refractivity contribution in [3.8, 4) is 22.5 Å². The van der Waals surface area contributed by atoms with Gasteiger partial charge < -0.3 is 10.6 Å². The van der Waals surface area contributed by atoms with Gasteiger partial charge in [0.15, 0.2) is 0 Å². The number of pyridine rings is 2. The van der Waals surface area contributed by atoms with E-state index in [0.29, 0.717) is 44.9 Å². The highest BCUT2D eigenvalue weighted by Crippen LogP contribution is 2.30. The van der Waals surface area contributed by atoms with Crippen molar-refractivity contribution in [2.75, 3.05) is 10.6 Å². The van der Waals surface area contributed by atoms with Crippen LogP contribution in [0.1, 0.15) is 20.7 Å². The van der Waals surface area contributed by atoms with E-state index in [9.17, 15) is 9.59 Å². The van der Waals surface area contributed by atoms with Gasteiger partial charge in [-0.05, 0) is 60.7 Å². The van der Waals surface area contributed by atoms with Gasteiger partial charge in [-0.1, -0.05) is 105 Å². The molecule has 5 aromatic carbocycles. The molecule has 7 aromatic rings. The molecule has 0 radical (unpaired) electrons. The van der Waals surface area contributed by atoms with Gasteiger partial charge in [0.2, 0.25) is 0 Å². The van der Waals surface area contributed by atoms with Gasteiger partial charge in [-0.2, -0.15) is 0 Å². The number of halogens is 2. The van der Waals surface area contributed by atoms with E-state index in [-0.39, 0.29) is 11.8 Å². The first-order valence-corrected chi connectivity index (χ1v) is 16.0. The van der Waals surface area contributed by atoms with Crippen molar-refractivity contribution < 1.29 is 9.59 Å². The Balaban J connectivity index is 1.22. The van der Waals surface area contributed by atoms with Crippen molar-refractivity contribution in [3.63, 3.8) is 0 Å². The van der Waals surface area contributed by atoms with E-state index in [2.05, 4.69) is 42.5 Å². The van der Waals surface area contributed by atoms with Gasteiger partial charge in [-0.25, -0.2) is 9.97 Å². The highest BCUT2D eigenvalue weighted by atomic mass is 79.9. The number of nitrogens with zero attached hydrogens (tertiary/aromatic N) is 2. The molecule has 2 N–H and O–H groups in total. The summed E-state index contributed by atoms with van der Waals surface area (Å²) in [4.78, 5) is 37.4. The quantitative estimate of drug-likeness (QED) is 0.179. The molecule has 2 heterocycles. The first kappa shape index (κ1) is 29.5. The van der Waals surface area contributed by atoms with E-state index in [0.717, 1.165) is 30.8 Å². The van der Waals surface area contributed by atoms with E-state index in [4.69, 9.17) is 9.97 Å². The molecule has 2 amide bonds. The highest BCUT2D eigenvalue weighted by molar-refractivity contribution is 9.10. The Labute approximate surface area is 281 Å². The molecular formula is C38H24Br2N4O2. The highest BCUT2D eigenvalue weighted by Gasteiger charge is 2.19. The first-order chi connectivity index (χ1) is 22.4. The van der Waals surface area contributed by atoms with E-state index in [1.165, 1.54) is 0 Å².